The van der Waals surface area contributed by atoms with Crippen LogP contribution in [-0.4, -0.2) is 11.1 Å². The molecule has 0 fully saturated rings. The molecular weight excluding hydrogens is 380 g/mol. The van der Waals surface area contributed by atoms with Crippen molar-refractivity contribution < 1.29 is 9.90 Å². The van der Waals surface area contributed by atoms with Crippen molar-refractivity contribution in [1.82, 2.24) is 0 Å². The highest BCUT2D eigenvalue weighted by Crippen LogP contribution is 2.19. The van der Waals surface area contributed by atoms with E-state index in [0.717, 1.165) is 32.1 Å². The zero-order chi connectivity index (χ0) is 22.8. The average Bonchev–Trinajstić information content (AvgIpc) is 2.76. The van der Waals surface area contributed by atoms with Crippen LogP contribution in [0.1, 0.15) is 174 Å². The quantitative estimate of drug-likeness (QED) is 0.136. The Kier molecular flexibility index (Phi) is 25.3. The molecule has 2 nitrogen and oxygen atoms in total. The maximum atomic E-state index is 11.2. The predicted molar refractivity (Wildman–Crippen MR) is 138 cm³/mol. The lowest BCUT2D eigenvalue weighted by atomic mass is 9.95. The van der Waals surface area contributed by atoms with Gasteiger partial charge in [-0.1, -0.05) is 162 Å². The number of carboxylic acid groups (broad SMARTS) is 1. The van der Waals surface area contributed by atoms with Crippen molar-refractivity contribution in [3.8, 4) is 0 Å². The van der Waals surface area contributed by atoms with Gasteiger partial charge >= 0.3 is 5.97 Å². The average molecular weight is 439 g/mol. The summed E-state index contributed by atoms with van der Waals surface area (Å²) in [5.41, 5.74) is 0. The lowest BCUT2D eigenvalue weighted by Crippen LogP contribution is -2.13. The van der Waals surface area contributed by atoms with Crippen LogP contribution in [0.3, 0.4) is 0 Å². The number of aliphatic carboxylic acids is 1. The predicted octanol–water partition coefficient (Wildman–Crippen LogP) is 10.5. The molecule has 0 saturated carbocycles. The maximum Gasteiger partial charge on any atom is 0.306 e. The number of hydrogen-bond donors (Lipinski definition) is 1. The Balaban J connectivity index is 3.17. The molecule has 0 amide bonds. The third-order valence-corrected chi connectivity index (χ3v) is 6.91. The molecule has 0 aromatic heterocycles. The summed E-state index contributed by atoms with van der Waals surface area (Å²) in [5.74, 6) is -0.679. The molecular formula is C29H58O2. The van der Waals surface area contributed by atoms with Gasteiger partial charge in [0.05, 0.1) is 5.92 Å². The van der Waals surface area contributed by atoms with Crippen LogP contribution in [0.25, 0.3) is 0 Å². The van der Waals surface area contributed by atoms with E-state index in [4.69, 9.17) is 0 Å². The first-order chi connectivity index (χ1) is 15.2. The zero-order valence-electron chi connectivity index (χ0n) is 21.6. The molecule has 0 saturated heterocycles. The van der Waals surface area contributed by atoms with Gasteiger partial charge in [-0.3, -0.25) is 4.79 Å². The van der Waals surface area contributed by atoms with Gasteiger partial charge in [0.2, 0.25) is 0 Å². The lowest BCUT2D eigenvalue weighted by molar-refractivity contribution is -0.142. The van der Waals surface area contributed by atoms with Crippen LogP contribution in [0.15, 0.2) is 0 Å². The van der Waals surface area contributed by atoms with E-state index in [1.807, 2.05) is 0 Å². The molecule has 2 heteroatoms. The largest absolute Gasteiger partial charge is 0.481 e. The topological polar surface area (TPSA) is 37.3 Å². The number of hydrogen-bond acceptors (Lipinski definition) is 1. The van der Waals surface area contributed by atoms with E-state index < -0.39 is 5.97 Å². The Morgan fingerprint density at radius 2 is 0.710 bits per heavy atom. The summed E-state index contributed by atoms with van der Waals surface area (Å²) in [5, 5.41) is 9.27. The van der Waals surface area contributed by atoms with Gasteiger partial charge in [-0.25, -0.2) is 0 Å². The van der Waals surface area contributed by atoms with Crippen LogP contribution in [0.2, 0.25) is 0 Å². The highest BCUT2D eigenvalue weighted by atomic mass is 16.4. The number of carboxylic acids is 1. The monoisotopic (exact) mass is 438 g/mol. The fourth-order valence-electron chi connectivity index (χ4n) is 4.66. The van der Waals surface area contributed by atoms with Gasteiger partial charge in [0.25, 0.3) is 0 Å². The number of unbranched alkanes of at least 4 members (excludes halogenated alkanes) is 21. The standard InChI is InChI=1S/C29H58O2/c1-3-5-7-8-9-10-11-12-13-14-15-16-17-18-19-20-21-22-23-24-25-27-28(29(30)31)26-6-4-2/h28H,3-27H2,1-2H3,(H,30,31). The van der Waals surface area contributed by atoms with Crippen LogP contribution in [0.5, 0.6) is 0 Å². The Morgan fingerprint density at radius 1 is 0.452 bits per heavy atom. The molecule has 1 N–H and O–H groups in total. The van der Waals surface area contributed by atoms with Crippen molar-refractivity contribution in [2.45, 2.75) is 174 Å². The molecule has 1 atom stereocenters. The highest BCUT2D eigenvalue weighted by Gasteiger charge is 2.15. The molecule has 0 aromatic carbocycles. The summed E-state index contributed by atoms with van der Waals surface area (Å²) in [6.45, 7) is 4.43. The summed E-state index contributed by atoms with van der Waals surface area (Å²) in [6.07, 6.45) is 33.2. The first-order valence-electron chi connectivity index (χ1n) is 14.4. The van der Waals surface area contributed by atoms with Crippen LogP contribution in [0.4, 0.5) is 0 Å². The van der Waals surface area contributed by atoms with Crippen molar-refractivity contribution in [3.05, 3.63) is 0 Å². The summed E-state index contributed by atoms with van der Waals surface area (Å²) in [7, 11) is 0. The number of carbonyl (C=O) groups is 1. The highest BCUT2D eigenvalue weighted by molar-refractivity contribution is 5.69. The zero-order valence-corrected chi connectivity index (χ0v) is 21.6. The Bertz CT molecular complexity index is 353. The third-order valence-electron chi connectivity index (χ3n) is 6.91. The first kappa shape index (κ1) is 30.5. The van der Waals surface area contributed by atoms with Crippen LogP contribution in [-0.2, 0) is 4.79 Å². The van der Waals surface area contributed by atoms with Crippen LogP contribution in [0, 0.1) is 5.92 Å². The molecule has 0 aliphatic carbocycles. The second-order valence-corrected chi connectivity index (χ2v) is 10.0. The second-order valence-electron chi connectivity index (χ2n) is 10.0. The van der Waals surface area contributed by atoms with Gasteiger partial charge < -0.3 is 5.11 Å². The Labute approximate surface area is 196 Å². The third kappa shape index (κ3) is 24.0. The van der Waals surface area contributed by atoms with E-state index in [1.165, 1.54) is 128 Å². The van der Waals surface area contributed by atoms with Crippen LogP contribution < -0.4 is 0 Å². The van der Waals surface area contributed by atoms with Gasteiger partial charge in [0.15, 0.2) is 0 Å². The SMILES string of the molecule is CCCCCCCCCCCCCCCCCCCCCCCC(CCCC)C(=O)O. The van der Waals surface area contributed by atoms with Gasteiger partial charge in [-0.2, -0.15) is 0 Å². The van der Waals surface area contributed by atoms with E-state index in [9.17, 15) is 9.90 Å². The minimum atomic E-state index is -0.582. The van der Waals surface area contributed by atoms with Crippen molar-refractivity contribution in [3.63, 3.8) is 0 Å². The van der Waals surface area contributed by atoms with Crippen molar-refractivity contribution in [2.24, 2.45) is 5.92 Å². The first-order valence-corrected chi connectivity index (χ1v) is 14.4. The van der Waals surface area contributed by atoms with Crippen LogP contribution >= 0.6 is 0 Å². The lowest BCUT2D eigenvalue weighted by Gasteiger charge is -2.11. The van der Waals surface area contributed by atoms with E-state index >= 15 is 0 Å². The molecule has 186 valence electrons. The Hall–Kier alpha value is -0.530. The van der Waals surface area contributed by atoms with Crippen molar-refractivity contribution in [1.29, 1.82) is 0 Å². The fourth-order valence-corrected chi connectivity index (χ4v) is 4.66. The molecule has 1 unspecified atom stereocenters. The van der Waals surface area contributed by atoms with Crippen molar-refractivity contribution >= 4 is 5.97 Å². The smallest absolute Gasteiger partial charge is 0.306 e. The minimum absolute atomic E-state index is 0.0970. The van der Waals surface area contributed by atoms with Gasteiger partial charge in [0.1, 0.15) is 0 Å². The minimum Gasteiger partial charge on any atom is -0.481 e. The molecule has 31 heavy (non-hydrogen) atoms. The summed E-state index contributed by atoms with van der Waals surface area (Å²) >= 11 is 0. The second kappa shape index (κ2) is 25.7. The Morgan fingerprint density at radius 3 is 1.00 bits per heavy atom. The molecule has 0 aliphatic rings. The van der Waals surface area contributed by atoms with E-state index in [-0.39, 0.29) is 5.92 Å². The van der Waals surface area contributed by atoms with Gasteiger partial charge in [0, 0.05) is 0 Å². The van der Waals surface area contributed by atoms with E-state index in [0.29, 0.717) is 0 Å². The number of rotatable bonds is 26. The van der Waals surface area contributed by atoms with E-state index in [1.54, 1.807) is 0 Å². The molecule has 0 bridgehead atoms. The molecule has 0 aromatic rings. The summed E-state index contributed by atoms with van der Waals surface area (Å²) < 4.78 is 0. The maximum absolute atomic E-state index is 11.2. The molecule has 0 rings (SSSR count). The van der Waals surface area contributed by atoms with Gasteiger partial charge in [-0.15, -0.1) is 0 Å². The van der Waals surface area contributed by atoms with Gasteiger partial charge in [-0.05, 0) is 12.8 Å². The summed E-state index contributed by atoms with van der Waals surface area (Å²) in [4.78, 5) is 11.2. The molecule has 0 aliphatic heterocycles. The normalized spacial score (nSPS) is 12.3. The van der Waals surface area contributed by atoms with E-state index in [2.05, 4.69) is 13.8 Å². The fraction of sp³-hybridized carbons (Fsp3) is 0.966. The molecule has 0 radical (unpaired) electrons. The van der Waals surface area contributed by atoms with Crippen molar-refractivity contribution in [2.75, 3.05) is 0 Å². The summed E-state index contributed by atoms with van der Waals surface area (Å²) in [6, 6.07) is 0. The molecule has 0 spiro atoms. The molecule has 0 heterocycles.